The summed E-state index contributed by atoms with van der Waals surface area (Å²) in [4.78, 5) is 20.3. The SMILES string of the molecule is Cc1csc(Sc2ccc(NC(=O)c3ccc(N4CCOCC4)cc3)cc2)n1. The third-order valence-electron chi connectivity index (χ3n) is 4.42. The summed E-state index contributed by atoms with van der Waals surface area (Å²) in [7, 11) is 0. The lowest BCUT2D eigenvalue weighted by molar-refractivity contribution is 0.102. The number of carbonyl (C=O) groups excluding carboxylic acids is 1. The highest BCUT2D eigenvalue weighted by atomic mass is 32.2. The minimum absolute atomic E-state index is 0.107. The van der Waals surface area contributed by atoms with Crippen LogP contribution in [0.25, 0.3) is 0 Å². The molecule has 1 aromatic heterocycles. The predicted octanol–water partition coefficient (Wildman–Crippen LogP) is 4.69. The van der Waals surface area contributed by atoms with Crippen LogP contribution in [0.1, 0.15) is 16.1 Å². The molecule has 28 heavy (non-hydrogen) atoms. The van der Waals surface area contributed by atoms with Crippen LogP contribution in [0.15, 0.2) is 63.1 Å². The van der Waals surface area contributed by atoms with E-state index in [4.69, 9.17) is 4.74 Å². The van der Waals surface area contributed by atoms with Crippen LogP contribution in [0.5, 0.6) is 0 Å². The summed E-state index contributed by atoms with van der Waals surface area (Å²) in [5, 5.41) is 5.00. The van der Waals surface area contributed by atoms with Gasteiger partial charge in [0.25, 0.3) is 5.91 Å². The van der Waals surface area contributed by atoms with E-state index in [0.717, 1.165) is 52.6 Å². The Morgan fingerprint density at radius 3 is 2.46 bits per heavy atom. The quantitative estimate of drug-likeness (QED) is 0.660. The molecule has 2 heterocycles. The molecule has 5 nitrogen and oxygen atoms in total. The van der Waals surface area contributed by atoms with Crippen LogP contribution in [0.3, 0.4) is 0 Å². The van der Waals surface area contributed by atoms with E-state index in [1.54, 1.807) is 23.1 Å². The van der Waals surface area contributed by atoms with Crippen molar-refractivity contribution in [1.82, 2.24) is 4.98 Å². The zero-order valence-electron chi connectivity index (χ0n) is 15.6. The van der Waals surface area contributed by atoms with Crippen LogP contribution in [-0.2, 0) is 4.74 Å². The largest absolute Gasteiger partial charge is 0.378 e. The van der Waals surface area contributed by atoms with Crippen LogP contribution < -0.4 is 10.2 Å². The third-order valence-corrected chi connectivity index (χ3v) is 6.49. The van der Waals surface area contributed by atoms with E-state index in [2.05, 4.69) is 15.2 Å². The number of nitrogens with one attached hydrogen (secondary N) is 1. The Morgan fingerprint density at radius 2 is 1.82 bits per heavy atom. The van der Waals surface area contributed by atoms with Crippen LogP contribution in [0.4, 0.5) is 11.4 Å². The second-order valence-electron chi connectivity index (χ2n) is 6.48. The van der Waals surface area contributed by atoms with E-state index in [1.165, 1.54) is 0 Å². The smallest absolute Gasteiger partial charge is 0.255 e. The molecular formula is C21H21N3O2S2. The van der Waals surface area contributed by atoms with Crippen molar-refractivity contribution in [1.29, 1.82) is 0 Å². The molecule has 1 N–H and O–H groups in total. The molecule has 0 aliphatic carbocycles. The number of anilines is 2. The summed E-state index contributed by atoms with van der Waals surface area (Å²) in [5.41, 5.74) is 3.59. The highest BCUT2D eigenvalue weighted by Crippen LogP contribution is 2.31. The zero-order valence-corrected chi connectivity index (χ0v) is 17.2. The molecule has 7 heteroatoms. The lowest BCUT2D eigenvalue weighted by Gasteiger charge is -2.28. The number of hydrogen-bond donors (Lipinski definition) is 1. The van der Waals surface area contributed by atoms with E-state index in [-0.39, 0.29) is 5.91 Å². The van der Waals surface area contributed by atoms with Crippen LogP contribution in [0, 0.1) is 6.92 Å². The topological polar surface area (TPSA) is 54.5 Å². The molecule has 0 unspecified atom stereocenters. The number of aryl methyl sites for hydroxylation is 1. The van der Waals surface area contributed by atoms with Crippen molar-refractivity contribution >= 4 is 40.4 Å². The molecule has 1 saturated heterocycles. The first kappa shape index (κ1) is 19.0. The summed E-state index contributed by atoms with van der Waals surface area (Å²) in [6.07, 6.45) is 0. The van der Waals surface area contributed by atoms with Gasteiger partial charge in [0.2, 0.25) is 0 Å². The number of hydrogen-bond acceptors (Lipinski definition) is 6. The van der Waals surface area contributed by atoms with Crippen molar-refractivity contribution in [3.63, 3.8) is 0 Å². The van der Waals surface area contributed by atoms with Gasteiger partial charge in [-0.15, -0.1) is 11.3 Å². The number of aromatic nitrogens is 1. The molecule has 3 aromatic rings. The average Bonchev–Trinajstić information content (AvgIpc) is 3.15. The maximum atomic E-state index is 12.5. The summed E-state index contributed by atoms with van der Waals surface area (Å²) in [6, 6.07) is 15.6. The number of morpholine rings is 1. The maximum Gasteiger partial charge on any atom is 0.255 e. The number of rotatable bonds is 5. The molecule has 144 valence electrons. The van der Waals surface area contributed by atoms with Crippen molar-refractivity contribution in [2.24, 2.45) is 0 Å². The standard InChI is InChI=1S/C21H21N3O2S2/c1-15-14-27-21(22-15)28-19-8-4-17(5-9-19)23-20(25)16-2-6-18(7-3-16)24-10-12-26-13-11-24/h2-9,14H,10-13H2,1H3,(H,23,25). The number of amides is 1. The summed E-state index contributed by atoms with van der Waals surface area (Å²) in [6.45, 7) is 5.26. The van der Waals surface area contributed by atoms with E-state index < -0.39 is 0 Å². The van der Waals surface area contributed by atoms with E-state index in [1.807, 2.05) is 60.8 Å². The Bertz CT molecular complexity index is 933. The Labute approximate surface area is 172 Å². The fourth-order valence-corrected chi connectivity index (χ4v) is 4.74. The third kappa shape index (κ3) is 4.73. The first-order chi connectivity index (χ1) is 13.7. The van der Waals surface area contributed by atoms with E-state index in [0.29, 0.717) is 5.56 Å². The molecule has 1 aliphatic heterocycles. The van der Waals surface area contributed by atoms with Gasteiger partial charge in [0, 0.05) is 46.0 Å². The molecular weight excluding hydrogens is 390 g/mol. The van der Waals surface area contributed by atoms with E-state index >= 15 is 0 Å². The molecule has 1 fully saturated rings. The van der Waals surface area contributed by atoms with Crippen molar-refractivity contribution in [3.05, 3.63) is 65.2 Å². The Balaban J connectivity index is 1.36. The molecule has 1 aliphatic rings. The minimum Gasteiger partial charge on any atom is -0.378 e. The first-order valence-electron chi connectivity index (χ1n) is 9.11. The maximum absolute atomic E-state index is 12.5. The van der Waals surface area contributed by atoms with Gasteiger partial charge in [-0.05, 0) is 55.5 Å². The lowest BCUT2D eigenvalue weighted by atomic mass is 10.1. The van der Waals surface area contributed by atoms with Crippen molar-refractivity contribution in [3.8, 4) is 0 Å². The van der Waals surface area contributed by atoms with Gasteiger partial charge in [-0.2, -0.15) is 0 Å². The van der Waals surface area contributed by atoms with Gasteiger partial charge in [-0.25, -0.2) is 4.98 Å². The number of benzene rings is 2. The molecule has 0 radical (unpaired) electrons. The average molecular weight is 412 g/mol. The predicted molar refractivity (Wildman–Crippen MR) is 115 cm³/mol. The Morgan fingerprint density at radius 1 is 1.11 bits per heavy atom. The van der Waals surface area contributed by atoms with Gasteiger partial charge in [-0.3, -0.25) is 4.79 Å². The summed E-state index contributed by atoms with van der Waals surface area (Å²) < 4.78 is 6.40. The molecule has 0 bridgehead atoms. The zero-order chi connectivity index (χ0) is 19.3. The van der Waals surface area contributed by atoms with Crippen LogP contribution in [-0.4, -0.2) is 37.2 Å². The molecule has 0 saturated carbocycles. The number of thiazole rings is 1. The minimum atomic E-state index is -0.107. The Kier molecular flexibility index (Phi) is 5.95. The number of carbonyl (C=O) groups is 1. The molecule has 4 rings (SSSR count). The summed E-state index contributed by atoms with van der Waals surface area (Å²) >= 11 is 3.27. The highest BCUT2D eigenvalue weighted by molar-refractivity contribution is 8.01. The van der Waals surface area contributed by atoms with Gasteiger partial charge in [-0.1, -0.05) is 11.8 Å². The molecule has 1 amide bonds. The number of nitrogens with zero attached hydrogens (tertiary/aromatic N) is 2. The highest BCUT2D eigenvalue weighted by Gasteiger charge is 2.12. The van der Waals surface area contributed by atoms with E-state index in [9.17, 15) is 4.79 Å². The lowest BCUT2D eigenvalue weighted by Crippen LogP contribution is -2.36. The monoisotopic (exact) mass is 411 g/mol. The van der Waals surface area contributed by atoms with Gasteiger partial charge < -0.3 is 15.0 Å². The number of ether oxygens (including phenoxy) is 1. The second kappa shape index (κ2) is 8.77. The van der Waals surface area contributed by atoms with Gasteiger partial charge in [0.15, 0.2) is 4.34 Å². The first-order valence-corrected chi connectivity index (χ1v) is 10.8. The molecule has 0 atom stereocenters. The normalized spacial score (nSPS) is 14.1. The Hall–Kier alpha value is -2.35. The van der Waals surface area contributed by atoms with Crippen molar-refractivity contribution in [2.75, 3.05) is 36.5 Å². The van der Waals surface area contributed by atoms with Gasteiger partial charge >= 0.3 is 0 Å². The van der Waals surface area contributed by atoms with Gasteiger partial charge in [0.05, 0.1) is 13.2 Å². The van der Waals surface area contributed by atoms with Crippen molar-refractivity contribution < 1.29 is 9.53 Å². The molecule has 0 spiro atoms. The van der Waals surface area contributed by atoms with Crippen LogP contribution in [0.2, 0.25) is 0 Å². The summed E-state index contributed by atoms with van der Waals surface area (Å²) in [5.74, 6) is -0.107. The van der Waals surface area contributed by atoms with Gasteiger partial charge in [0.1, 0.15) is 0 Å². The van der Waals surface area contributed by atoms with Crippen molar-refractivity contribution in [2.45, 2.75) is 16.2 Å². The molecule has 2 aromatic carbocycles. The fourth-order valence-electron chi connectivity index (χ4n) is 2.93. The fraction of sp³-hybridized carbons (Fsp3) is 0.238. The second-order valence-corrected chi connectivity index (χ2v) is 8.66. The van der Waals surface area contributed by atoms with Crippen LogP contribution >= 0.6 is 23.1 Å².